The molecule has 0 aromatic heterocycles. The molecule has 0 bridgehead atoms. The first kappa shape index (κ1) is 16.7. The molecule has 3 N–H and O–H groups in total. The highest BCUT2D eigenvalue weighted by Gasteiger charge is 2.32. The first-order chi connectivity index (χ1) is 10.2. The fourth-order valence-corrected chi connectivity index (χ4v) is 3.35. The van der Waals surface area contributed by atoms with Crippen LogP contribution in [0.5, 0.6) is 0 Å². The lowest BCUT2D eigenvalue weighted by Crippen LogP contribution is -2.39. The molecule has 122 valence electrons. The smallest absolute Gasteiger partial charge is 0.220 e. The number of ether oxygens (including phenoxy) is 2. The third-order valence-corrected chi connectivity index (χ3v) is 4.77. The van der Waals surface area contributed by atoms with E-state index in [9.17, 15) is 4.79 Å². The highest BCUT2D eigenvalue weighted by Crippen LogP contribution is 2.38. The molecule has 21 heavy (non-hydrogen) atoms. The van der Waals surface area contributed by atoms with Gasteiger partial charge in [0.2, 0.25) is 5.91 Å². The summed E-state index contributed by atoms with van der Waals surface area (Å²) in [6, 6.07) is 0. The predicted molar refractivity (Wildman–Crippen MR) is 82.0 cm³/mol. The molecule has 0 radical (unpaired) electrons. The van der Waals surface area contributed by atoms with Gasteiger partial charge in [-0.05, 0) is 37.6 Å². The van der Waals surface area contributed by atoms with Crippen LogP contribution in [-0.4, -0.2) is 44.9 Å². The maximum Gasteiger partial charge on any atom is 0.220 e. The molecule has 1 atom stereocenters. The Hall–Kier alpha value is -0.650. The molecule has 5 heteroatoms. The van der Waals surface area contributed by atoms with Crippen molar-refractivity contribution in [1.29, 1.82) is 0 Å². The van der Waals surface area contributed by atoms with Gasteiger partial charge in [0.05, 0.1) is 12.7 Å². The van der Waals surface area contributed by atoms with E-state index in [0.717, 1.165) is 32.3 Å². The van der Waals surface area contributed by atoms with Crippen molar-refractivity contribution < 1.29 is 14.3 Å². The maximum absolute atomic E-state index is 12.1. The Bertz CT molecular complexity index is 311. The third kappa shape index (κ3) is 5.57. The fraction of sp³-hybridized carbons (Fsp3) is 0.938. The van der Waals surface area contributed by atoms with E-state index in [1.165, 1.54) is 19.3 Å². The molecule has 1 saturated carbocycles. The molecule has 2 aliphatic rings. The van der Waals surface area contributed by atoms with Crippen molar-refractivity contribution in [2.45, 2.75) is 57.5 Å². The predicted octanol–water partition coefficient (Wildman–Crippen LogP) is 1.60. The largest absolute Gasteiger partial charge is 0.379 e. The first-order valence-electron chi connectivity index (χ1n) is 8.40. The molecule has 0 aromatic rings. The van der Waals surface area contributed by atoms with E-state index >= 15 is 0 Å². The molecule has 1 amide bonds. The van der Waals surface area contributed by atoms with E-state index in [4.69, 9.17) is 15.2 Å². The lowest BCUT2D eigenvalue weighted by molar-refractivity contribution is -0.123. The Balaban J connectivity index is 1.56. The van der Waals surface area contributed by atoms with Gasteiger partial charge in [-0.2, -0.15) is 0 Å². The summed E-state index contributed by atoms with van der Waals surface area (Å²) in [4.78, 5) is 12.1. The second-order valence-corrected chi connectivity index (χ2v) is 6.50. The summed E-state index contributed by atoms with van der Waals surface area (Å²) in [7, 11) is 0. The van der Waals surface area contributed by atoms with E-state index in [-0.39, 0.29) is 17.4 Å². The number of carbonyl (C=O) groups is 1. The summed E-state index contributed by atoms with van der Waals surface area (Å²) < 4.78 is 10.9. The lowest BCUT2D eigenvalue weighted by Gasteiger charge is -2.35. The minimum absolute atomic E-state index is 0.0556. The quantitative estimate of drug-likeness (QED) is 0.668. The van der Waals surface area contributed by atoms with Crippen LogP contribution < -0.4 is 11.1 Å². The zero-order valence-corrected chi connectivity index (χ0v) is 13.1. The van der Waals surface area contributed by atoms with Crippen LogP contribution in [0.3, 0.4) is 0 Å². The van der Waals surface area contributed by atoms with Crippen molar-refractivity contribution in [1.82, 2.24) is 5.32 Å². The molecule has 5 nitrogen and oxygen atoms in total. The van der Waals surface area contributed by atoms with Gasteiger partial charge >= 0.3 is 0 Å². The van der Waals surface area contributed by atoms with E-state index in [2.05, 4.69) is 5.32 Å². The number of carbonyl (C=O) groups excluding carboxylic acids is 1. The number of hydrogen-bond donors (Lipinski definition) is 2. The van der Waals surface area contributed by atoms with Crippen LogP contribution in [0.4, 0.5) is 0 Å². The standard InChI is InChI=1S/C16H30N2O3/c17-13-16(6-2-1-3-7-16)11-15(19)18-8-4-9-21-14-5-10-20-12-14/h14H,1-13,17H2,(H,18,19). The lowest BCUT2D eigenvalue weighted by atomic mass is 9.71. The normalized spacial score (nSPS) is 24.9. The van der Waals surface area contributed by atoms with Crippen LogP contribution >= 0.6 is 0 Å². The SMILES string of the molecule is NCC1(CC(=O)NCCCOC2CCOC2)CCCCC1. The number of rotatable bonds is 8. The zero-order valence-electron chi connectivity index (χ0n) is 13.1. The Kier molecular flexibility index (Phi) is 6.93. The summed E-state index contributed by atoms with van der Waals surface area (Å²) in [5.74, 6) is 0.145. The molecule has 0 aromatic carbocycles. The molecule has 1 aliphatic carbocycles. The van der Waals surface area contributed by atoms with Gasteiger partial charge in [0.25, 0.3) is 0 Å². The molecule has 0 spiro atoms. The minimum Gasteiger partial charge on any atom is -0.379 e. The minimum atomic E-state index is 0.0556. The van der Waals surface area contributed by atoms with Crippen molar-refractivity contribution in [2.24, 2.45) is 11.1 Å². The molecular formula is C16H30N2O3. The molecule has 1 heterocycles. The number of amides is 1. The van der Waals surface area contributed by atoms with Gasteiger partial charge in [0.1, 0.15) is 0 Å². The molecular weight excluding hydrogens is 268 g/mol. The average Bonchev–Trinajstić information content (AvgIpc) is 3.01. The summed E-state index contributed by atoms with van der Waals surface area (Å²) in [6.07, 6.45) is 8.59. The Morgan fingerprint density at radius 1 is 1.33 bits per heavy atom. The van der Waals surface area contributed by atoms with Crippen molar-refractivity contribution >= 4 is 5.91 Å². The zero-order chi connectivity index (χ0) is 15.0. The fourth-order valence-electron chi connectivity index (χ4n) is 3.35. The highest BCUT2D eigenvalue weighted by molar-refractivity contribution is 5.76. The number of nitrogens with one attached hydrogen (secondary N) is 1. The van der Waals surface area contributed by atoms with Gasteiger partial charge in [0, 0.05) is 26.2 Å². The van der Waals surface area contributed by atoms with Crippen molar-refractivity contribution in [3.8, 4) is 0 Å². The van der Waals surface area contributed by atoms with Crippen LogP contribution in [0.15, 0.2) is 0 Å². The van der Waals surface area contributed by atoms with Gasteiger partial charge in [-0.1, -0.05) is 19.3 Å². The van der Waals surface area contributed by atoms with Crippen molar-refractivity contribution in [3.63, 3.8) is 0 Å². The van der Waals surface area contributed by atoms with E-state index in [0.29, 0.717) is 32.7 Å². The van der Waals surface area contributed by atoms with Crippen molar-refractivity contribution in [2.75, 3.05) is 32.9 Å². The molecule has 2 fully saturated rings. The van der Waals surface area contributed by atoms with Crippen LogP contribution in [0.25, 0.3) is 0 Å². The van der Waals surface area contributed by atoms with Crippen LogP contribution in [0, 0.1) is 5.41 Å². The number of nitrogens with two attached hydrogens (primary N) is 1. The van der Waals surface area contributed by atoms with Crippen LogP contribution in [-0.2, 0) is 14.3 Å². The second-order valence-electron chi connectivity index (χ2n) is 6.50. The Morgan fingerprint density at radius 3 is 2.81 bits per heavy atom. The number of hydrogen-bond acceptors (Lipinski definition) is 4. The molecule has 1 unspecified atom stereocenters. The molecule has 1 aliphatic heterocycles. The maximum atomic E-state index is 12.1. The summed E-state index contributed by atoms with van der Waals surface area (Å²) >= 11 is 0. The Labute approximate surface area is 127 Å². The van der Waals surface area contributed by atoms with E-state index < -0.39 is 0 Å². The van der Waals surface area contributed by atoms with E-state index in [1.54, 1.807) is 0 Å². The summed E-state index contributed by atoms with van der Waals surface area (Å²) in [5.41, 5.74) is 5.98. The highest BCUT2D eigenvalue weighted by atomic mass is 16.5. The van der Waals surface area contributed by atoms with Gasteiger partial charge in [-0.15, -0.1) is 0 Å². The third-order valence-electron chi connectivity index (χ3n) is 4.77. The van der Waals surface area contributed by atoms with Crippen molar-refractivity contribution in [3.05, 3.63) is 0 Å². The van der Waals surface area contributed by atoms with Gasteiger partial charge in [-0.3, -0.25) is 4.79 Å². The van der Waals surface area contributed by atoms with Gasteiger partial charge in [-0.25, -0.2) is 0 Å². The Morgan fingerprint density at radius 2 is 2.14 bits per heavy atom. The average molecular weight is 298 g/mol. The van der Waals surface area contributed by atoms with Crippen LogP contribution in [0.1, 0.15) is 51.4 Å². The first-order valence-corrected chi connectivity index (χ1v) is 8.40. The van der Waals surface area contributed by atoms with Gasteiger partial charge < -0.3 is 20.5 Å². The summed E-state index contributed by atoms with van der Waals surface area (Å²) in [6.45, 7) is 3.53. The second kappa shape index (κ2) is 8.71. The van der Waals surface area contributed by atoms with Gasteiger partial charge in [0.15, 0.2) is 0 Å². The molecule has 1 saturated heterocycles. The summed E-state index contributed by atoms with van der Waals surface area (Å²) in [5, 5.41) is 3.01. The van der Waals surface area contributed by atoms with E-state index in [1.807, 2.05) is 0 Å². The topological polar surface area (TPSA) is 73.6 Å². The molecule has 2 rings (SSSR count). The van der Waals surface area contributed by atoms with Crippen LogP contribution in [0.2, 0.25) is 0 Å². The monoisotopic (exact) mass is 298 g/mol.